The minimum atomic E-state index is -5.16. The molecule has 0 atom stereocenters. The van der Waals surface area contributed by atoms with E-state index in [1.165, 1.54) is 18.4 Å². The molecule has 0 amide bonds. The van der Waals surface area contributed by atoms with Crippen LogP contribution in [0.15, 0.2) is 63.6 Å². The fraction of sp³-hybridized carbons (Fsp3) is 0.185. The van der Waals surface area contributed by atoms with E-state index in [9.17, 15) is 53.6 Å². The molecule has 0 bridgehead atoms. The molecular formula is C27H16F8N2O3S2. The molecule has 0 unspecified atom stereocenters. The minimum absolute atomic E-state index is 0.0152. The number of pyridine rings is 1. The number of aromatic nitrogens is 1. The third kappa shape index (κ3) is 6.09. The SMILES string of the molecule is CCS(=O)(=O)c1cc(-c2csc(-c3cc(C(F)(F)F)c(C#N)c(=O)n3Cc3ccc(F)cc3F)c2)cc(C(F)(F)F)c1. The van der Waals surface area contributed by atoms with Gasteiger partial charge in [-0.2, -0.15) is 31.6 Å². The predicted molar refractivity (Wildman–Crippen MR) is 137 cm³/mol. The summed E-state index contributed by atoms with van der Waals surface area (Å²) in [4.78, 5) is 12.4. The summed E-state index contributed by atoms with van der Waals surface area (Å²) >= 11 is 0.708. The Morgan fingerprint density at radius 2 is 1.62 bits per heavy atom. The summed E-state index contributed by atoms with van der Waals surface area (Å²) in [6.07, 6.45) is -10.1. The maximum absolute atomic E-state index is 14.4. The monoisotopic (exact) mass is 632 g/mol. The van der Waals surface area contributed by atoms with Crippen LogP contribution in [0.3, 0.4) is 0 Å². The Morgan fingerprint density at radius 3 is 2.19 bits per heavy atom. The highest BCUT2D eigenvalue weighted by Crippen LogP contribution is 2.40. The number of rotatable bonds is 6. The summed E-state index contributed by atoms with van der Waals surface area (Å²) in [7, 11) is -4.10. The van der Waals surface area contributed by atoms with E-state index in [1.54, 1.807) is 0 Å². The second kappa shape index (κ2) is 11.0. The number of benzene rings is 2. The van der Waals surface area contributed by atoms with Crippen LogP contribution in [0.25, 0.3) is 21.7 Å². The molecule has 0 saturated heterocycles. The Kier molecular flexibility index (Phi) is 8.09. The molecule has 2 heterocycles. The first-order valence-electron chi connectivity index (χ1n) is 11.7. The Bertz CT molecular complexity index is 1900. The van der Waals surface area contributed by atoms with Crippen molar-refractivity contribution in [1.82, 2.24) is 4.57 Å². The zero-order valence-electron chi connectivity index (χ0n) is 21.1. The third-order valence-corrected chi connectivity index (χ3v) is 8.89. The van der Waals surface area contributed by atoms with Crippen molar-refractivity contribution >= 4 is 21.2 Å². The Balaban J connectivity index is 1.97. The van der Waals surface area contributed by atoms with Crippen LogP contribution < -0.4 is 5.56 Å². The standard InChI is InChI=1S/C27H16F8N2O3S2/c1-2-42(39,40)19-6-15(5-17(8-19)26(30,31)32)16-7-24(41-13-16)23-10-21(27(33,34)35)20(11-36)25(38)37(23)12-14-3-4-18(28)9-22(14)29/h3-10,13H,2,12H2,1H3. The lowest BCUT2D eigenvalue weighted by molar-refractivity contribution is -0.138. The summed E-state index contributed by atoms with van der Waals surface area (Å²) < 4.78 is 136. The van der Waals surface area contributed by atoms with Crippen molar-refractivity contribution in [2.45, 2.75) is 30.7 Å². The smallest absolute Gasteiger partial charge is 0.302 e. The van der Waals surface area contributed by atoms with Gasteiger partial charge >= 0.3 is 12.4 Å². The van der Waals surface area contributed by atoms with Gasteiger partial charge in [-0.15, -0.1) is 11.3 Å². The van der Waals surface area contributed by atoms with E-state index in [0.29, 0.717) is 40.2 Å². The van der Waals surface area contributed by atoms with E-state index in [-0.39, 0.29) is 21.6 Å². The quantitative estimate of drug-likeness (QED) is 0.210. The molecule has 42 heavy (non-hydrogen) atoms. The molecule has 5 nitrogen and oxygen atoms in total. The molecule has 15 heteroatoms. The van der Waals surface area contributed by atoms with Gasteiger partial charge in [0.15, 0.2) is 9.84 Å². The lowest BCUT2D eigenvalue weighted by Gasteiger charge is -2.17. The van der Waals surface area contributed by atoms with Crippen molar-refractivity contribution in [1.29, 1.82) is 5.26 Å². The van der Waals surface area contributed by atoms with Crippen LogP contribution >= 0.6 is 11.3 Å². The Morgan fingerprint density at radius 1 is 0.929 bits per heavy atom. The molecule has 0 aliphatic carbocycles. The van der Waals surface area contributed by atoms with Gasteiger partial charge < -0.3 is 4.57 Å². The molecule has 2 aromatic carbocycles. The normalized spacial score (nSPS) is 12.4. The summed E-state index contributed by atoms with van der Waals surface area (Å²) in [5.74, 6) is -2.57. The number of thiophene rings is 1. The van der Waals surface area contributed by atoms with E-state index >= 15 is 0 Å². The van der Waals surface area contributed by atoms with Gasteiger partial charge in [-0.1, -0.05) is 13.0 Å². The maximum atomic E-state index is 14.4. The molecule has 0 aliphatic heterocycles. The minimum Gasteiger partial charge on any atom is -0.302 e. The van der Waals surface area contributed by atoms with Crippen molar-refractivity contribution in [3.63, 3.8) is 0 Å². The number of nitrogens with zero attached hydrogens (tertiary/aromatic N) is 2. The number of halogens is 8. The van der Waals surface area contributed by atoms with Gasteiger partial charge in [-0.25, -0.2) is 17.2 Å². The maximum Gasteiger partial charge on any atom is 0.417 e. The summed E-state index contributed by atoms with van der Waals surface area (Å²) in [5.41, 5.74) is -6.57. The van der Waals surface area contributed by atoms with Crippen molar-refractivity contribution < 1.29 is 43.5 Å². The van der Waals surface area contributed by atoms with Gasteiger partial charge in [0.2, 0.25) is 0 Å². The van der Waals surface area contributed by atoms with Gasteiger partial charge in [0.05, 0.1) is 38.9 Å². The summed E-state index contributed by atoms with van der Waals surface area (Å²) in [6.45, 7) is 0.521. The van der Waals surface area contributed by atoms with E-state index in [1.807, 2.05) is 0 Å². The molecule has 0 spiro atoms. The molecule has 2 aromatic heterocycles. The number of alkyl halides is 6. The first-order valence-corrected chi connectivity index (χ1v) is 14.2. The third-order valence-electron chi connectivity index (χ3n) is 6.22. The zero-order valence-corrected chi connectivity index (χ0v) is 22.7. The van der Waals surface area contributed by atoms with Gasteiger partial charge in [0.1, 0.15) is 23.3 Å². The fourth-order valence-corrected chi connectivity index (χ4v) is 5.95. The van der Waals surface area contributed by atoms with Crippen LogP contribution in [0.4, 0.5) is 35.1 Å². The van der Waals surface area contributed by atoms with Crippen molar-refractivity contribution in [2.24, 2.45) is 0 Å². The van der Waals surface area contributed by atoms with Crippen molar-refractivity contribution in [3.05, 3.63) is 98.2 Å². The molecule has 0 radical (unpaired) electrons. The molecule has 0 saturated carbocycles. The molecule has 4 rings (SSSR count). The second-order valence-electron chi connectivity index (χ2n) is 8.90. The fourth-order valence-electron chi connectivity index (χ4n) is 4.06. The number of hydrogen-bond acceptors (Lipinski definition) is 5. The predicted octanol–water partition coefficient (Wildman–Crippen LogP) is 7.27. The van der Waals surface area contributed by atoms with Crippen LogP contribution in [0.2, 0.25) is 0 Å². The van der Waals surface area contributed by atoms with Crippen molar-refractivity contribution in [2.75, 3.05) is 5.75 Å². The largest absolute Gasteiger partial charge is 0.417 e. The highest BCUT2D eigenvalue weighted by atomic mass is 32.2. The van der Waals surface area contributed by atoms with E-state index < -0.39 is 79.0 Å². The number of sulfone groups is 1. The van der Waals surface area contributed by atoms with Crippen LogP contribution in [-0.4, -0.2) is 18.7 Å². The highest BCUT2D eigenvalue weighted by Gasteiger charge is 2.37. The topological polar surface area (TPSA) is 79.9 Å². The van der Waals surface area contributed by atoms with E-state index in [2.05, 4.69) is 0 Å². The van der Waals surface area contributed by atoms with Crippen molar-refractivity contribution in [3.8, 4) is 27.8 Å². The van der Waals surface area contributed by atoms with Gasteiger partial charge in [-0.05, 0) is 52.9 Å². The molecule has 0 fully saturated rings. The van der Waals surface area contributed by atoms with Crippen LogP contribution in [0.1, 0.15) is 29.2 Å². The Labute approximate surface area is 236 Å². The molecule has 0 N–H and O–H groups in total. The first kappa shape index (κ1) is 30.9. The molecule has 220 valence electrons. The van der Waals surface area contributed by atoms with Crippen LogP contribution in [-0.2, 0) is 28.7 Å². The molecule has 4 aromatic rings. The van der Waals surface area contributed by atoms with Gasteiger partial charge in [-0.3, -0.25) is 4.79 Å². The highest BCUT2D eigenvalue weighted by molar-refractivity contribution is 7.91. The van der Waals surface area contributed by atoms with Crippen LogP contribution in [0.5, 0.6) is 0 Å². The Hall–Kier alpha value is -4.03. The summed E-state index contributed by atoms with van der Waals surface area (Å²) in [6, 6.07) is 7.27. The molecule has 0 aliphatic rings. The molecular weight excluding hydrogens is 616 g/mol. The number of hydrogen-bond donors (Lipinski definition) is 0. The lowest BCUT2D eigenvalue weighted by atomic mass is 10.0. The van der Waals surface area contributed by atoms with E-state index in [0.717, 1.165) is 24.3 Å². The van der Waals surface area contributed by atoms with E-state index in [4.69, 9.17) is 0 Å². The average molecular weight is 633 g/mol. The van der Waals surface area contributed by atoms with Gasteiger partial charge in [0.25, 0.3) is 5.56 Å². The lowest BCUT2D eigenvalue weighted by Crippen LogP contribution is -2.28. The summed E-state index contributed by atoms with van der Waals surface area (Å²) in [5, 5.41) is 10.6. The zero-order chi connectivity index (χ0) is 31.2. The second-order valence-corrected chi connectivity index (χ2v) is 12.1. The first-order chi connectivity index (χ1) is 19.5. The average Bonchev–Trinajstić information content (AvgIpc) is 3.39. The van der Waals surface area contributed by atoms with Gasteiger partial charge in [0, 0.05) is 11.6 Å². The van der Waals surface area contributed by atoms with Crippen LogP contribution in [0, 0.1) is 23.0 Å². The number of nitriles is 1.